The fourth-order valence-electron chi connectivity index (χ4n) is 1.30. The maximum atomic E-state index is 12.0. The zero-order valence-electron chi connectivity index (χ0n) is 10.3. The Balaban J connectivity index is 2.33. The molecule has 100 valence electrons. The zero-order valence-corrected chi connectivity index (χ0v) is 11.9. The maximum absolute atomic E-state index is 12.0. The van der Waals surface area contributed by atoms with Crippen LogP contribution >= 0.6 is 11.8 Å². The van der Waals surface area contributed by atoms with Gasteiger partial charge in [0, 0.05) is 18.0 Å². The molecule has 2 heterocycles. The van der Waals surface area contributed by atoms with Crippen molar-refractivity contribution in [3.05, 3.63) is 36.2 Å². The standard InChI is InChI=1S/C11H11N3O3S2/c1-8-7-9(14-11(13-8)18-2)17-19(15,16)10-5-3-4-6-12-10/h3-7H,1-2H3. The minimum Gasteiger partial charge on any atom is -0.357 e. The molecule has 2 aromatic rings. The van der Waals surface area contributed by atoms with Gasteiger partial charge in [-0.15, -0.1) is 0 Å². The monoisotopic (exact) mass is 297 g/mol. The molecule has 0 saturated carbocycles. The van der Waals surface area contributed by atoms with Crippen LogP contribution in [-0.4, -0.2) is 29.6 Å². The average molecular weight is 297 g/mol. The van der Waals surface area contributed by atoms with Gasteiger partial charge in [0.1, 0.15) is 0 Å². The number of rotatable bonds is 4. The van der Waals surface area contributed by atoms with Gasteiger partial charge in [-0.05, 0) is 25.3 Å². The van der Waals surface area contributed by atoms with E-state index in [9.17, 15) is 8.42 Å². The molecule has 0 fully saturated rings. The first-order chi connectivity index (χ1) is 9.01. The highest BCUT2D eigenvalue weighted by Crippen LogP contribution is 2.19. The molecular weight excluding hydrogens is 286 g/mol. The molecule has 0 radical (unpaired) electrons. The van der Waals surface area contributed by atoms with E-state index >= 15 is 0 Å². The highest BCUT2D eigenvalue weighted by Gasteiger charge is 2.19. The maximum Gasteiger partial charge on any atom is 0.358 e. The number of hydrogen-bond donors (Lipinski definition) is 0. The first-order valence-electron chi connectivity index (χ1n) is 5.26. The van der Waals surface area contributed by atoms with Crippen molar-refractivity contribution in [1.82, 2.24) is 15.0 Å². The smallest absolute Gasteiger partial charge is 0.357 e. The predicted molar refractivity (Wildman–Crippen MR) is 70.6 cm³/mol. The van der Waals surface area contributed by atoms with E-state index in [-0.39, 0.29) is 10.9 Å². The Morgan fingerprint density at radius 3 is 2.68 bits per heavy atom. The highest BCUT2D eigenvalue weighted by atomic mass is 32.2. The van der Waals surface area contributed by atoms with Crippen molar-refractivity contribution in [2.24, 2.45) is 0 Å². The van der Waals surface area contributed by atoms with E-state index < -0.39 is 10.1 Å². The molecular formula is C11H11N3O3S2. The quantitative estimate of drug-likeness (QED) is 0.482. The van der Waals surface area contributed by atoms with Gasteiger partial charge in [0.05, 0.1) is 0 Å². The second-order valence-corrected chi connectivity index (χ2v) is 5.81. The van der Waals surface area contributed by atoms with Crippen molar-refractivity contribution < 1.29 is 12.6 Å². The first kappa shape index (κ1) is 13.8. The second kappa shape index (κ2) is 5.54. The lowest BCUT2D eigenvalue weighted by atomic mass is 10.4. The van der Waals surface area contributed by atoms with Crippen LogP contribution in [-0.2, 0) is 10.1 Å². The van der Waals surface area contributed by atoms with Gasteiger partial charge in [-0.3, -0.25) is 0 Å². The van der Waals surface area contributed by atoms with Gasteiger partial charge in [0.2, 0.25) is 5.88 Å². The summed E-state index contributed by atoms with van der Waals surface area (Å²) in [6.07, 6.45) is 3.18. The third kappa shape index (κ3) is 3.42. The van der Waals surface area contributed by atoms with E-state index in [1.54, 1.807) is 25.3 Å². The number of pyridine rings is 1. The van der Waals surface area contributed by atoms with Crippen LogP contribution in [0.2, 0.25) is 0 Å². The average Bonchev–Trinajstić information content (AvgIpc) is 2.38. The van der Waals surface area contributed by atoms with Gasteiger partial charge >= 0.3 is 10.1 Å². The Morgan fingerprint density at radius 2 is 2.05 bits per heavy atom. The first-order valence-corrected chi connectivity index (χ1v) is 7.90. The Bertz CT molecular complexity index is 675. The summed E-state index contributed by atoms with van der Waals surface area (Å²) in [4.78, 5) is 11.9. The van der Waals surface area contributed by atoms with Crippen LogP contribution in [0.1, 0.15) is 5.69 Å². The lowest BCUT2D eigenvalue weighted by Crippen LogP contribution is -2.12. The Kier molecular flexibility index (Phi) is 4.01. The number of aromatic nitrogens is 3. The molecule has 0 unspecified atom stereocenters. The van der Waals surface area contributed by atoms with E-state index in [1.807, 2.05) is 0 Å². The molecule has 8 heteroatoms. The van der Waals surface area contributed by atoms with Gasteiger partial charge in [-0.1, -0.05) is 17.8 Å². The van der Waals surface area contributed by atoms with Crippen LogP contribution in [0.15, 0.2) is 40.6 Å². The van der Waals surface area contributed by atoms with Crippen LogP contribution < -0.4 is 4.18 Å². The highest BCUT2D eigenvalue weighted by molar-refractivity contribution is 7.98. The molecule has 6 nitrogen and oxygen atoms in total. The van der Waals surface area contributed by atoms with E-state index in [0.29, 0.717) is 10.9 Å². The minimum absolute atomic E-state index is 0.0116. The van der Waals surface area contributed by atoms with Gasteiger partial charge < -0.3 is 4.18 Å². The van der Waals surface area contributed by atoms with Gasteiger partial charge in [-0.2, -0.15) is 13.4 Å². The molecule has 0 aliphatic heterocycles. The number of nitrogens with zero attached hydrogens (tertiary/aromatic N) is 3. The molecule has 0 atom stereocenters. The Labute approximate surface area is 115 Å². The van der Waals surface area contributed by atoms with Gasteiger partial charge in [-0.25, -0.2) is 9.97 Å². The lowest BCUT2D eigenvalue weighted by Gasteiger charge is -2.06. The van der Waals surface area contributed by atoms with E-state index in [0.717, 1.165) is 0 Å². The summed E-state index contributed by atoms with van der Waals surface area (Å²) < 4.78 is 28.9. The molecule has 0 aliphatic rings. The fraction of sp³-hybridized carbons (Fsp3) is 0.182. The fourth-order valence-corrected chi connectivity index (χ4v) is 2.54. The Morgan fingerprint density at radius 1 is 1.26 bits per heavy atom. The van der Waals surface area contributed by atoms with Crippen LogP contribution in [0.4, 0.5) is 0 Å². The lowest BCUT2D eigenvalue weighted by molar-refractivity contribution is 0.468. The zero-order chi connectivity index (χ0) is 13.9. The molecule has 0 saturated heterocycles. The number of aryl methyl sites for hydroxylation is 1. The van der Waals surface area contributed by atoms with Crippen molar-refractivity contribution in [3.63, 3.8) is 0 Å². The minimum atomic E-state index is -3.97. The SMILES string of the molecule is CSc1nc(C)cc(OS(=O)(=O)c2ccccn2)n1. The topological polar surface area (TPSA) is 82.0 Å². The van der Waals surface area contributed by atoms with Crippen molar-refractivity contribution in [2.45, 2.75) is 17.1 Å². The van der Waals surface area contributed by atoms with Crippen molar-refractivity contribution in [1.29, 1.82) is 0 Å². The second-order valence-electron chi connectivity index (χ2n) is 3.54. The van der Waals surface area contributed by atoms with E-state index in [1.165, 1.54) is 30.1 Å². The summed E-state index contributed by atoms with van der Waals surface area (Å²) in [5.41, 5.74) is 0.630. The van der Waals surface area contributed by atoms with Crippen LogP contribution in [0, 0.1) is 6.92 Å². The van der Waals surface area contributed by atoms with Crippen molar-refractivity contribution >= 4 is 21.9 Å². The number of thioether (sulfide) groups is 1. The summed E-state index contributed by atoms with van der Waals surface area (Å²) in [6.45, 7) is 1.74. The van der Waals surface area contributed by atoms with E-state index in [2.05, 4.69) is 15.0 Å². The van der Waals surface area contributed by atoms with Crippen LogP contribution in [0.3, 0.4) is 0 Å². The normalized spacial score (nSPS) is 11.3. The van der Waals surface area contributed by atoms with E-state index in [4.69, 9.17) is 4.18 Å². The van der Waals surface area contributed by atoms with Gasteiger partial charge in [0.15, 0.2) is 10.2 Å². The summed E-state index contributed by atoms with van der Waals surface area (Å²) in [5.74, 6) is -0.0116. The van der Waals surface area contributed by atoms with Crippen molar-refractivity contribution in [2.75, 3.05) is 6.26 Å². The molecule has 0 aliphatic carbocycles. The van der Waals surface area contributed by atoms with Crippen molar-refractivity contribution in [3.8, 4) is 5.88 Å². The molecule has 0 spiro atoms. The molecule has 2 rings (SSSR count). The molecule has 2 aromatic heterocycles. The van der Waals surface area contributed by atoms with Crippen LogP contribution in [0.5, 0.6) is 5.88 Å². The molecule has 0 aromatic carbocycles. The predicted octanol–water partition coefficient (Wildman–Crippen LogP) is 1.67. The summed E-state index contributed by atoms with van der Waals surface area (Å²) in [6, 6.07) is 6.01. The third-order valence-corrected chi connectivity index (χ3v) is 3.77. The molecule has 0 N–H and O–H groups in total. The largest absolute Gasteiger partial charge is 0.358 e. The van der Waals surface area contributed by atoms with Gasteiger partial charge in [0.25, 0.3) is 0 Å². The van der Waals surface area contributed by atoms with Crippen LogP contribution in [0.25, 0.3) is 0 Å². The number of hydrogen-bond acceptors (Lipinski definition) is 7. The summed E-state index contributed by atoms with van der Waals surface area (Å²) >= 11 is 1.31. The Hall–Kier alpha value is -1.67. The molecule has 0 bridgehead atoms. The summed E-state index contributed by atoms with van der Waals surface area (Å²) in [5, 5.41) is 0.295. The molecule has 0 amide bonds. The summed E-state index contributed by atoms with van der Waals surface area (Å²) in [7, 11) is -3.97. The molecule has 19 heavy (non-hydrogen) atoms. The third-order valence-electron chi connectivity index (χ3n) is 2.08.